The van der Waals surface area contributed by atoms with Crippen molar-refractivity contribution >= 4 is 33.3 Å². The normalized spacial score (nSPS) is 15.6. The number of aromatic nitrogens is 1. The van der Waals surface area contributed by atoms with Gasteiger partial charge in [-0.2, -0.15) is 0 Å². The molecule has 24 heavy (non-hydrogen) atoms. The molecule has 1 aliphatic carbocycles. The lowest BCUT2D eigenvalue weighted by atomic mass is 9.77. The second kappa shape index (κ2) is 7.66. The minimum Gasteiger partial charge on any atom is -0.331 e. The molecule has 1 saturated carbocycles. The number of hydrogen-bond donors (Lipinski definition) is 1. The summed E-state index contributed by atoms with van der Waals surface area (Å²) in [6.07, 6.45) is 3.61. The number of amides is 2. The van der Waals surface area contributed by atoms with Gasteiger partial charge >= 0.3 is 6.03 Å². The van der Waals surface area contributed by atoms with Crippen LogP contribution < -0.4 is 5.32 Å². The number of rotatable bonds is 5. The van der Waals surface area contributed by atoms with Crippen LogP contribution in [0.1, 0.15) is 41.6 Å². The third kappa shape index (κ3) is 4.16. The Kier molecular flexibility index (Phi) is 5.56. The molecule has 4 nitrogen and oxygen atoms in total. The van der Waals surface area contributed by atoms with Gasteiger partial charge in [0, 0.05) is 22.6 Å². The zero-order chi connectivity index (χ0) is 17.1. The molecule has 1 N–H and O–H groups in total. The molecule has 0 spiro atoms. The molecule has 6 heteroatoms. The summed E-state index contributed by atoms with van der Waals surface area (Å²) in [6.45, 7) is 2.52. The lowest BCUT2D eigenvalue weighted by Crippen LogP contribution is -2.42. The highest BCUT2D eigenvalue weighted by molar-refractivity contribution is 9.10. The SMILES string of the molecule is Cc1csc(CN(C)C(=O)NC(c2ccc(Br)cc2)C2CCC2)n1. The van der Waals surface area contributed by atoms with Gasteiger partial charge < -0.3 is 10.2 Å². The van der Waals surface area contributed by atoms with Crippen LogP contribution in [0.4, 0.5) is 4.79 Å². The number of carbonyl (C=O) groups excluding carboxylic acids is 1. The van der Waals surface area contributed by atoms with Crippen molar-refractivity contribution in [3.63, 3.8) is 0 Å². The molecule has 1 aliphatic rings. The fourth-order valence-electron chi connectivity index (χ4n) is 2.91. The quantitative estimate of drug-likeness (QED) is 0.765. The fourth-order valence-corrected chi connectivity index (χ4v) is 4.00. The van der Waals surface area contributed by atoms with Gasteiger partial charge in [0.15, 0.2) is 0 Å². The average Bonchev–Trinajstić information content (AvgIpc) is 2.90. The van der Waals surface area contributed by atoms with Crippen LogP contribution in [-0.4, -0.2) is 23.0 Å². The minimum atomic E-state index is -0.0392. The Morgan fingerprint density at radius 2 is 2.12 bits per heavy atom. The summed E-state index contributed by atoms with van der Waals surface area (Å²) >= 11 is 5.07. The summed E-state index contributed by atoms with van der Waals surface area (Å²) in [4.78, 5) is 18.8. The Bertz CT molecular complexity index is 697. The number of thiazole rings is 1. The molecule has 0 aliphatic heterocycles. The van der Waals surface area contributed by atoms with E-state index < -0.39 is 0 Å². The second-order valence-electron chi connectivity index (χ2n) is 6.41. The molecule has 2 aromatic rings. The summed E-state index contributed by atoms with van der Waals surface area (Å²) in [5.41, 5.74) is 2.18. The molecule has 0 radical (unpaired) electrons. The van der Waals surface area contributed by atoms with Gasteiger partial charge in [-0.3, -0.25) is 0 Å². The summed E-state index contributed by atoms with van der Waals surface area (Å²) < 4.78 is 1.06. The highest BCUT2D eigenvalue weighted by Gasteiger charge is 2.30. The summed E-state index contributed by atoms with van der Waals surface area (Å²) in [5.74, 6) is 0.533. The van der Waals surface area contributed by atoms with E-state index in [2.05, 4.69) is 38.4 Å². The van der Waals surface area contributed by atoms with E-state index in [4.69, 9.17) is 0 Å². The third-order valence-electron chi connectivity index (χ3n) is 4.52. The van der Waals surface area contributed by atoms with Crippen molar-refractivity contribution in [3.8, 4) is 0 Å². The zero-order valence-corrected chi connectivity index (χ0v) is 16.4. The summed E-state index contributed by atoms with van der Waals surface area (Å²) in [5, 5.41) is 6.21. The van der Waals surface area contributed by atoms with Crippen LogP contribution in [0.5, 0.6) is 0 Å². The van der Waals surface area contributed by atoms with Crippen molar-refractivity contribution < 1.29 is 4.79 Å². The highest BCUT2D eigenvalue weighted by atomic mass is 79.9. The molecule has 128 valence electrons. The van der Waals surface area contributed by atoms with Crippen LogP contribution in [0.2, 0.25) is 0 Å². The van der Waals surface area contributed by atoms with Crippen molar-refractivity contribution in [1.29, 1.82) is 0 Å². The Morgan fingerprint density at radius 3 is 2.67 bits per heavy atom. The van der Waals surface area contributed by atoms with Crippen molar-refractivity contribution in [3.05, 3.63) is 50.4 Å². The van der Waals surface area contributed by atoms with Gasteiger partial charge in [0.25, 0.3) is 0 Å². The molecule has 1 aromatic heterocycles. The first-order chi connectivity index (χ1) is 11.5. The fraction of sp³-hybridized carbons (Fsp3) is 0.444. The van der Waals surface area contributed by atoms with E-state index in [1.54, 1.807) is 16.2 Å². The number of hydrogen-bond acceptors (Lipinski definition) is 3. The third-order valence-corrected chi connectivity index (χ3v) is 6.00. The van der Waals surface area contributed by atoms with Crippen molar-refractivity contribution in [1.82, 2.24) is 15.2 Å². The van der Waals surface area contributed by atoms with Crippen LogP contribution in [0, 0.1) is 12.8 Å². The largest absolute Gasteiger partial charge is 0.331 e. The second-order valence-corrected chi connectivity index (χ2v) is 8.27. The van der Waals surface area contributed by atoms with Crippen LogP contribution in [0.3, 0.4) is 0 Å². The van der Waals surface area contributed by atoms with Crippen molar-refractivity contribution in [2.45, 2.75) is 38.8 Å². The first kappa shape index (κ1) is 17.4. The molecule has 1 fully saturated rings. The maximum atomic E-state index is 12.6. The number of benzene rings is 1. The first-order valence-electron chi connectivity index (χ1n) is 8.21. The van der Waals surface area contributed by atoms with E-state index in [-0.39, 0.29) is 12.1 Å². The molecule has 0 bridgehead atoms. The number of aryl methyl sites for hydroxylation is 1. The van der Waals surface area contributed by atoms with Crippen LogP contribution in [-0.2, 0) is 6.54 Å². The molecular formula is C18H22BrN3OS. The molecule has 1 atom stereocenters. The van der Waals surface area contributed by atoms with Gasteiger partial charge in [-0.25, -0.2) is 9.78 Å². The Balaban J connectivity index is 1.67. The smallest absolute Gasteiger partial charge is 0.318 e. The van der Waals surface area contributed by atoms with E-state index in [9.17, 15) is 4.79 Å². The van der Waals surface area contributed by atoms with E-state index in [1.165, 1.54) is 24.8 Å². The highest BCUT2D eigenvalue weighted by Crippen LogP contribution is 2.38. The molecule has 0 saturated heterocycles. The molecule has 1 heterocycles. The van der Waals surface area contributed by atoms with E-state index in [0.29, 0.717) is 12.5 Å². The molecule has 2 amide bonds. The topological polar surface area (TPSA) is 45.2 Å². The summed E-state index contributed by atoms with van der Waals surface area (Å²) in [7, 11) is 1.82. The molecule has 1 unspecified atom stereocenters. The summed E-state index contributed by atoms with van der Waals surface area (Å²) in [6, 6.07) is 8.31. The van der Waals surface area contributed by atoms with Crippen LogP contribution >= 0.6 is 27.3 Å². The maximum absolute atomic E-state index is 12.6. The van der Waals surface area contributed by atoms with E-state index in [1.807, 2.05) is 31.5 Å². The predicted molar refractivity (Wildman–Crippen MR) is 101 cm³/mol. The molecular weight excluding hydrogens is 386 g/mol. The zero-order valence-electron chi connectivity index (χ0n) is 14.0. The average molecular weight is 408 g/mol. The van der Waals surface area contributed by atoms with Gasteiger partial charge in [-0.15, -0.1) is 11.3 Å². The van der Waals surface area contributed by atoms with Gasteiger partial charge in [-0.1, -0.05) is 34.5 Å². The predicted octanol–water partition coefficient (Wildman–Crippen LogP) is 4.90. The number of halogens is 1. The number of urea groups is 1. The number of carbonyl (C=O) groups is 1. The van der Waals surface area contributed by atoms with Gasteiger partial charge in [0.1, 0.15) is 5.01 Å². The maximum Gasteiger partial charge on any atom is 0.318 e. The van der Waals surface area contributed by atoms with Crippen molar-refractivity contribution in [2.24, 2.45) is 5.92 Å². The van der Waals surface area contributed by atoms with Gasteiger partial charge in [-0.05, 0) is 43.4 Å². The minimum absolute atomic E-state index is 0.0392. The first-order valence-corrected chi connectivity index (χ1v) is 9.88. The molecule has 1 aromatic carbocycles. The number of nitrogens with zero attached hydrogens (tertiary/aromatic N) is 2. The Labute approximate surface area is 155 Å². The monoisotopic (exact) mass is 407 g/mol. The van der Waals surface area contributed by atoms with Crippen LogP contribution in [0.15, 0.2) is 34.1 Å². The molecule has 3 rings (SSSR count). The van der Waals surface area contributed by atoms with Crippen molar-refractivity contribution in [2.75, 3.05) is 7.05 Å². The van der Waals surface area contributed by atoms with E-state index in [0.717, 1.165) is 15.2 Å². The Hall–Kier alpha value is -1.40. The van der Waals surface area contributed by atoms with Crippen LogP contribution in [0.25, 0.3) is 0 Å². The van der Waals surface area contributed by atoms with Gasteiger partial charge in [0.2, 0.25) is 0 Å². The standard InChI is InChI=1S/C18H22BrN3OS/c1-12-11-24-16(20-12)10-22(2)18(23)21-17(13-4-3-5-13)14-6-8-15(19)9-7-14/h6-9,11,13,17H,3-5,10H2,1-2H3,(H,21,23). The Morgan fingerprint density at radius 1 is 1.42 bits per heavy atom. The lowest BCUT2D eigenvalue weighted by molar-refractivity contribution is 0.182. The lowest BCUT2D eigenvalue weighted by Gasteiger charge is -2.35. The number of nitrogens with one attached hydrogen (secondary N) is 1. The van der Waals surface area contributed by atoms with Gasteiger partial charge in [0.05, 0.1) is 12.6 Å². The van der Waals surface area contributed by atoms with E-state index >= 15 is 0 Å².